The monoisotopic (exact) mass is 369 g/mol. The topological polar surface area (TPSA) is 40.5 Å². The van der Waals surface area contributed by atoms with Gasteiger partial charge in [0.25, 0.3) is 0 Å². The number of benzene rings is 1. The summed E-state index contributed by atoms with van der Waals surface area (Å²) in [5.74, 6) is -2.76. The summed E-state index contributed by atoms with van der Waals surface area (Å²) >= 11 is 0. The van der Waals surface area contributed by atoms with E-state index in [2.05, 4.69) is 6.07 Å². The first-order chi connectivity index (χ1) is 11.4. The van der Waals surface area contributed by atoms with Crippen LogP contribution in [0.4, 0.5) is 26.3 Å². The van der Waals surface area contributed by atoms with Crippen LogP contribution in [-0.2, 0) is 17.8 Å². The lowest BCUT2D eigenvalue weighted by molar-refractivity contribution is -0.193. The zero-order valence-electron chi connectivity index (χ0n) is 13.1. The first-order valence-electron chi connectivity index (χ1n) is 7.61. The van der Waals surface area contributed by atoms with Gasteiger partial charge >= 0.3 is 18.3 Å². The van der Waals surface area contributed by atoms with Crippen molar-refractivity contribution in [2.24, 2.45) is 5.41 Å². The molecule has 0 spiro atoms. The molecule has 1 heterocycles. The van der Waals surface area contributed by atoms with Crippen LogP contribution in [0.3, 0.4) is 0 Å². The van der Waals surface area contributed by atoms with E-state index in [0.717, 1.165) is 13.0 Å². The second-order valence-corrected chi connectivity index (χ2v) is 6.31. The summed E-state index contributed by atoms with van der Waals surface area (Å²) in [6.07, 6.45) is -7.66. The van der Waals surface area contributed by atoms with Gasteiger partial charge in [-0.05, 0) is 30.4 Å². The highest BCUT2D eigenvalue weighted by Crippen LogP contribution is 2.58. The Kier molecular flexibility index (Phi) is 5.36. The summed E-state index contributed by atoms with van der Waals surface area (Å²) in [5, 5.41) is 7.12. The Hall–Kier alpha value is -1.77. The second kappa shape index (κ2) is 6.86. The standard InChI is InChI=1S/C14H16F3N.C2HF3O2/c15-14(16,17)13(6-7-13)10-18-8-5-11-3-1-2-4-12(11)9-18;3-2(4,5)1(6)7/h1-4H,5-10H2;(H,6,7). The molecule has 1 N–H and O–H groups in total. The lowest BCUT2D eigenvalue weighted by atomic mass is 9.98. The fraction of sp³-hybridized carbons (Fsp3) is 0.562. The van der Waals surface area contributed by atoms with Crippen molar-refractivity contribution in [1.82, 2.24) is 4.90 Å². The smallest absolute Gasteiger partial charge is 0.475 e. The molecule has 3 nitrogen and oxygen atoms in total. The van der Waals surface area contributed by atoms with Gasteiger partial charge in [-0.15, -0.1) is 0 Å². The molecule has 0 saturated heterocycles. The number of hydrogen-bond acceptors (Lipinski definition) is 2. The van der Waals surface area contributed by atoms with Gasteiger partial charge in [0.05, 0.1) is 5.41 Å². The van der Waals surface area contributed by atoms with Gasteiger partial charge in [-0.1, -0.05) is 24.3 Å². The summed E-state index contributed by atoms with van der Waals surface area (Å²) in [7, 11) is 0. The van der Waals surface area contributed by atoms with Crippen LogP contribution in [0.15, 0.2) is 24.3 Å². The molecule has 1 aromatic carbocycles. The Balaban J connectivity index is 0.000000277. The Morgan fingerprint density at radius 1 is 1.08 bits per heavy atom. The molecule has 1 aliphatic heterocycles. The van der Waals surface area contributed by atoms with Gasteiger partial charge in [0, 0.05) is 19.6 Å². The van der Waals surface area contributed by atoms with E-state index in [9.17, 15) is 26.3 Å². The van der Waals surface area contributed by atoms with Crippen LogP contribution in [0.5, 0.6) is 0 Å². The second-order valence-electron chi connectivity index (χ2n) is 6.31. The number of carboxylic acids is 1. The number of hydrogen-bond donors (Lipinski definition) is 1. The maximum Gasteiger partial charge on any atom is 0.490 e. The summed E-state index contributed by atoms with van der Waals surface area (Å²) < 4.78 is 70.5. The zero-order chi connectivity index (χ0) is 18.9. The highest BCUT2D eigenvalue weighted by atomic mass is 19.4. The quantitative estimate of drug-likeness (QED) is 0.801. The molecule has 0 bridgehead atoms. The van der Waals surface area contributed by atoms with E-state index in [0.29, 0.717) is 19.4 Å². The molecule has 0 amide bonds. The maximum atomic E-state index is 12.9. The third-order valence-electron chi connectivity index (χ3n) is 4.43. The fourth-order valence-corrected chi connectivity index (χ4v) is 2.80. The third-order valence-corrected chi connectivity index (χ3v) is 4.43. The normalized spacial score (nSPS) is 19.4. The Bertz CT molecular complexity index is 622. The Morgan fingerprint density at radius 3 is 2.04 bits per heavy atom. The van der Waals surface area contributed by atoms with E-state index in [4.69, 9.17) is 9.90 Å². The van der Waals surface area contributed by atoms with Crippen LogP contribution < -0.4 is 0 Å². The molecule has 3 rings (SSSR count). The summed E-state index contributed by atoms with van der Waals surface area (Å²) in [6, 6.07) is 8.05. The molecule has 0 unspecified atom stereocenters. The van der Waals surface area contributed by atoms with Crippen LogP contribution >= 0.6 is 0 Å². The van der Waals surface area contributed by atoms with Crippen molar-refractivity contribution in [2.75, 3.05) is 13.1 Å². The molecule has 0 atom stereocenters. The van der Waals surface area contributed by atoms with E-state index < -0.39 is 23.7 Å². The molecule has 0 aromatic heterocycles. The van der Waals surface area contributed by atoms with Crippen LogP contribution in [-0.4, -0.2) is 41.4 Å². The van der Waals surface area contributed by atoms with Crippen LogP contribution in [0.1, 0.15) is 24.0 Å². The molecular formula is C16H17F6NO2. The summed E-state index contributed by atoms with van der Waals surface area (Å²) in [5.41, 5.74) is 1.06. The van der Waals surface area contributed by atoms with Crippen LogP contribution in [0, 0.1) is 5.41 Å². The van der Waals surface area contributed by atoms with E-state index >= 15 is 0 Å². The predicted molar refractivity (Wildman–Crippen MR) is 76.8 cm³/mol. The van der Waals surface area contributed by atoms with Gasteiger partial charge in [-0.3, -0.25) is 4.90 Å². The molecule has 1 aromatic rings. The average molecular weight is 369 g/mol. The van der Waals surface area contributed by atoms with Crippen molar-refractivity contribution < 1.29 is 36.2 Å². The highest BCUT2D eigenvalue weighted by Gasteiger charge is 2.63. The van der Waals surface area contributed by atoms with Crippen molar-refractivity contribution in [1.29, 1.82) is 0 Å². The SMILES string of the molecule is FC(F)(F)C1(CN2CCc3ccccc3C2)CC1.O=C(O)C(F)(F)F. The molecule has 25 heavy (non-hydrogen) atoms. The lowest BCUT2D eigenvalue weighted by Crippen LogP contribution is -2.40. The average Bonchev–Trinajstić information content (AvgIpc) is 3.27. The van der Waals surface area contributed by atoms with Crippen molar-refractivity contribution >= 4 is 5.97 Å². The molecular weight excluding hydrogens is 352 g/mol. The van der Waals surface area contributed by atoms with E-state index in [1.807, 2.05) is 23.1 Å². The molecule has 140 valence electrons. The first kappa shape index (κ1) is 19.6. The first-order valence-corrected chi connectivity index (χ1v) is 7.61. The van der Waals surface area contributed by atoms with Gasteiger partial charge in [-0.2, -0.15) is 26.3 Å². The van der Waals surface area contributed by atoms with Crippen molar-refractivity contribution in [3.05, 3.63) is 35.4 Å². The van der Waals surface area contributed by atoms with Crippen molar-refractivity contribution in [3.8, 4) is 0 Å². The largest absolute Gasteiger partial charge is 0.490 e. The number of carboxylic acid groups (broad SMARTS) is 1. The minimum absolute atomic E-state index is 0.171. The summed E-state index contributed by atoms with van der Waals surface area (Å²) in [4.78, 5) is 10.9. The molecule has 1 aliphatic carbocycles. The minimum Gasteiger partial charge on any atom is -0.475 e. The van der Waals surface area contributed by atoms with Gasteiger partial charge in [0.2, 0.25) is 0 Å². The molecule has 1 fully saturated rings. The zero-order valence-corrected chi connectivity index (χ0v) is 13.1. The van der Waals surface area contributed by atoms with Crippen LogP contribution in [0.25, 0.3) is 0 Å². The molecule has 2 aliphatic rings. The number of alkyl halides is 6. The number of rotatable bonds is 2. The van der Waals surface area contributed by atoms with Gasteiger partial charge < -0.3 is 5.11 Å². The molecule has 0 radical (unpaired) electrons. The van der Waals surface area contributed by atoms with Gasteiger partial charge in [-0.25, -0.2) is 4.79 Å². The van der Waals surface area contributed by atoms with Gasteiger partial charge in [0.15, 0.2) is 0 Å². The number of nitrogens with zero attached hydrogens (tertiary/aromatic N) is 1. The van der Waals surface area contributed by atoms with Gasteiger partial charge in [0.1, 0.15) is 0 Å². The van der Waals surface area contributed by atoms with E-state index in [1.165, 1.54) is 11.1 Å². The Labute approximate surface area is 140 Å². The molecule has 9 heteroatoms. The molecule has 1 saturated carbocycles. The van der Waals surface area contributed by atoms with E-state index in [-0.39, 0.29) is 6.54 Å². The van der Waals surface area contributed by atoms with Crippen molar-refractivity contribution in [2.45, 2.75) is 38.2 Å². The maximum absolute atomic E-state index is 12.9. The third kappa shape index (κ3) is 4.87. The van der Waals surface area contributed by atoms with E-state index in [1.54, 1.807) is 0 Å². The van der Waals surface area contributed by atoms with Crippen LogP contribution in [0.2, 0.25) is 0 Å². The minimum atomic E-state index is -5.08. The fourth-order valence-electron chi connectivity index (χ4n) is 2.80. The summed E-state index contributed by atoms with van der Waals surface area (Å²) in [6.45, 7) is 1.58. The number of carbonyl (C=O) groups is 1. The lowest BCUT2D eigenvalue weighted by Gasteiger charge is -2.32. The van der Waals surface area contributed by atoms with Crippen molar-refractivity contribution in [3.63, 3.8) is 0 Å². The number of halogens is 6. The number of aliphatic carboxylic acids is 1. The highest BCUT2D eigenvalue weighted by molar-refractivity contribution is 5.73. The Morgan fingerprint density at radius 2 is 1.60 bits per heavy atom. The predicted octanol–water partition coefficient (Wildman–Crippen LogP) is 4.02. The number of fused-ring (bicyclic) bond motifs is 1.